The fourth-order valence-electron chi connectivity index (χ4n) is 3.46. The number of sulfonamides is 1. The number of carbonyl (C=O) groups is 1. The number of nitrogens with zero attached hydrogens (tertiary/aromatic N) is 3. The van der Waals surface area contributed by atoms with Gasteiger partial charge in [-0.1, -0.05) is 12.1 Å². The van der Waals surface area contributed by atoms with Gasteiger partial charge in [-0.15, -0.1) is 11.3 Å². The van der Waals surface area contributed by atoms with Crippen LogP contribution in [0.3, 0.4) is 0 Å². The summed E-state index contributed by atoms with van der Waals surface area (Å²) >= 11 is 1.57. The fourth-order valence-corrected chi connectivity index (χ4v) is 5.67. The Morgan fingerprint density at radius 3 is 2.54 bits per heavy atom. The third-order valence-electron chi connectivity index (χ3n) is 5.08. The van der Waals surface area contributed by atoms with E-state index in [9.17, 15) is 13.2 Å². The number of rotatable bonds is 6. The molecule has 9 heteroatoms. The maximum atomic E-state index is 12.7. The standard InChI is InChI=1S/C19H23N3O4S2/c23-19-2-1-8-21(19)9-7-18-20-17(14-27-18)15-3-5-16(6-4-15)28(24,25)22-10-12-26-13-11-22/h3-6,14H,1-2,7-13H2. The predicted molar refractivity (Wildman–Crippen MR) is 107 cm³/mol. The van der Waals surface area contributed by atoms with Crippen molar-refractivity contribution < 1.29 is 17.9 Å². The SMILES string of the molecule is O=C1CCCN1CCc1nc(-c2ccc(S(=O)(=O)N3CCOCC3)cc2)cs1. The van der Waals surface area contributed by atoms with E-state index in [1.165, 1.54) is 4.31 Å². The lowest BCUT2D eigenvalue weighted by Gasteiger charge is -2.26. The summed E-state index contributed by atoms with van der Waals surface area (Å²) in [7, 11) is -3.48. The lowest BCUT2D eigenvalue weighted by molar-refractivity contribution is -0.127. The van der Waals surface area contributed by atoms with E-state index in [0.717, 1.165) is 35.7 Å². The van der Waals surface area contributed by atoms with Crippen LogP contribution >= 0.6 is 11.3 Å². The van der Waals surface area contributed by atoms with Crippen LogP contribution in [0.25, 0.3) is 11.3 Å². The van der Waals surface area contributed by atoms with E-state index in [0.29, 0.717) is 44.2 Å². The molecular weight excluding hydrogens is 398 g/mol. The number of likely N-dealkylation sites (tertiary alicyclic amines) is 1. The average Bonchev–Trinajstić information content (AvgIpc) is 3.36. The Labute approximate surface area is 169 Å². The first kappa shape index (κ1) is 19.5. The highest BCUT2D eigenvalue weighted by molar-refractivity contribution is 7.89. The van der Waals surface area contributed by atoms with Crippen molar-refractivity contribution in [1.29, 1.82) is 0 Å². The molecule has 1 amide bonds. The van der Waals surface area contributed by atoms with E-state index in [2.05, 4.69) is 4.98 Å². The predicted octanol–water partition coefficient (Wildman–Crippen LogP) is 2.00. The van der Waals surface area contributed by atoms with Crippen molar-refractivity contribution in [2.75, 3.05) is 39.4 Å². The van der Waals surface area contributed by atoms with Gasteiger partial charge in [0, 0.05) is 50.0 Å². The molecule has 1 aromatic carbocycles. The number of benzene rings is 1. The Morgan fingerprint density at radius 2 is 1.86 bits per heavy atom. The summed E-state index contributed by atoms with van der Waals surface area (Å²) in [5, 5.41) is 2.96. The third kappa shape index (κ3) is 4.12. The maximum absolute atomic E-state index is 12.7. The summed E-state index contributed by atoms with van der Waals surface area (Å²) in [6, 6.07) is 6.89. The quantitative estimate of drug-likeness (QED) is 0.713. The number of hydrogen-bond acceptors (Lipinski definition) is 6. The van der Waals surface area contributed by atoms with Crippen molar-refractivity contribution in [2.45, 2.75) is 24.2 Å². The number of morpholine rings is 1. The molecule has 0 bridgehead atoms. The zero-order valence-corrected chi connectivity index (χ0v) is 17.2. The van der Waals surface area contributed by atoms with E-state index < -0.39 is 10.0 Å². The Hall–Kier alpha value is -1.81. The summed E-state index contributed by atoms with van der Waals surface area (Å²) in [6.07, 6.45) is 2.35. The molecule has 4 rings (SSSR count). The van der Waals surface area contributed by atoms with Crippen molar-refractivity contribution in [2.24, 2.45) is 0 Å². The van der Waals surface area contributed by atoms with Crippen molar-refractivity contribution in [3.63, 3.8) is 0 Å². The van der Waals surface area contributed by atoms with Gasteiger partial charge in [0.15, 0.2) is 0 Å². The molecule has 0 spiro atoms. The monoisotopic (exact) mass is 421 g/mol. The number of amides is 1. The molecule has 0 atom stereocenters. The van der Waals surface area contributed by atoms with E-state index in [1.54, 1.807) is 35.6 Å². The van der Waals surface area contributed by atoms with Crippen LogP contribution in [0.2, 0.25) is 0 Å². The van der Waals surface area contributed by atoms with Crippen LogP contribution in [-0.4, -0.2) is 67.9 Å². The largest absolute Gasteiger partial charge is 0.379 e. The molecule has 0 aliphatic carbocycles. The van der Waals surface area contributed by atoms with Crippen LogP contribution < -0.4 is 0 Å². The molecule has 3 heterocycles. The van der Waals surface area contributed by atoms with Gasteiger partial charge in [0.25, 0.3) is 0 Å². The van der Waals surface area contributed by atoms with E-state index >= 15 is 0 Å². The molecule has 1 aromatic heterocycles. The molecule has 28 heavy (non-hydrogen) atoms. The van der Waals surface area contributed by atoms with Crippen molar-refractivity contribution >= 4 is 27.3 Å². The smallest absolute Gasteiger partial charge is 0.243 e. The highest BCUT2D eigenvalue weighted by atomic mass is 32.2. The van der Waals surface area contributed by atoms with Crippen LogP contribution in [0.5, 0.6) is 0 Å². The van der Waals surface area contributed by atoms with Crippen LogP contribution in [0.15, 0.2) is 34.5 Å². The van der Waals surface area contributed by atoms with Crippen LogP contribution in [0.4, 0.5) is 0 Å². The van der Waals surface area contributed by atoms with Gasteiger partial charge in [0.05, 0.1) is 28.8 Å². The number of carbonyl (C=O) groups excluding carboxylic acids is 1. The van der Waals surface area contributed by atoms with Gasteiger partial charge >= 0.3 is 0 Å². The van der Waals surface area contributed by atoms with Gasteiger partial charge in [0.2, 0.25) is 15.9 Å². The van der Waals surface area contributed by atoms with Gasteiger partial charge in [-0.3, -0.25) is 4.79 Å². The molecule has 7 nitrogen and oxygen atoms in total. The summed E-state index contributed by atoms with van der Waals surface area (Å²) in [5.41, 5.74) is 1.73. The lowest BCUT2D eigenvalue weighted by Crippen LogP contribution is -2.40. The van der Waals surface area contributed by atoms with Crippen LogP contribution in [-0.2, 0) is 26.0 Å². The highest BCUT2D eigenvalue weighted by Gasteiger charge is 2.26. The zero-order chi connectivity index (χ0) is 19.6. The first-order chi connectivity index (χ1) is 13.5. The molecule has 2 aliphatic rings. The van der Waals surface area contributed by atoms with Crippen molar-refractivity contribution in [3.8, 4) is 11.3 Å². The van der Waals surface area contributed by atoms with E-state index in [-0.39, 0.29) is 5.91 Å². The molecule has 0 radical (unpaired) electrons. The first-order valence-corrected chi connectivity index (χ1v) is 11.8. The summed E-state index contributed by atoms with van der Waals surface area (Å²) in [6.45, 7) is 3.20. The molecule has 2 fully saturated rings. The molecule has 0 N–H and O–H groups in total. The van der Waals surface area contributed by atoms with Crippen LogP contribution in [0.1, 0.15) is 17.8 Å². The van der Waals surface area contributed by atoms with E-state index in [1.807, 2.05) is 10.3 Å². The van der Waals surface area contributed by atoms with E-state index in [4.69, 9.17) is 4.74 Å². The second kappa shape index (κ2) is 8.28. The average molecular weight is 422 g/mol. The molecular formula is C19H23N3O4S2. The minimum atomic E-state index is -3.48. The van der Waals surface area contributed by atoms with Gasteiger partial charge < -0.3 is 9.64 Å². The minimum Gasteiger partial charge on any atom is -0.379 e. The minimum absolute atomic E-state index is 0.230. The zero-order valence-electron chi connectivity index (χ0n) is 15.5. The van der Waals surface area contributed by atoms with Crippen molar-refractivity contribution in [1.82, 2.24) is 14.2 Å². The molecule has 2 aromatic rings. The molecule has 0 unspecified atom stereocenters. The van der Waals surface area contributed by atoms with Crippen LogP contribution in [0, 0.1) is 0 Å². The second-order valence-electron chi connectivity index (χ2n) is 6.90. The third-order valence-corrected chi connectivity index (χ3v) is 7.90. The Bertz CT molecular complexity index is 934. The van der Waals surface area contributed by atoms with Gasteiger partial charge in [-0.2, -0.15) is 4.31 Å². The Balaban J connectivity index is 1.42. The Kier molecular flexibility index (Phi) is 5.77. The molecule has 2 saturated heterocycles. The normalized spacial score (nSPS) is 18.7. The topological polar surface area (TPSA) is 79.8 Å². The number of aromatic nitrogens is 1. The lowest BCUT2D eigenvalue weighted by atomic mass is 10.2. The number of thiazole rings is 1. The van der Waals surface area contributed by atoms with Gasteiger partial charge in [-0.25, -0.2) is 13.4 Å². The molecule has 0 saturated carbocycles. The summed E-state index contributed by atoms with van der Waals surface area (Å²) in [4.78, 5) is 18.5. The molecule has 2 aliphatic heterocycles. The first-order valence-electron chi connectivity index (χ1n) is 9.44. The summed E-state index contributed by atoms with van der Waals surface area (Å²) in [5.74, 6) is 0.230. The second-order valence-corrected chi connectivity index (χ2v) is 9.78. The Morgan fingerprint density at radius 1 is 1.11 bits per heavy atom. The number of hydrogen-bond donors (Lipinski definition) is 0. The summed E-state index contributed by atoms with van der Waals surface area (Å²) < 4.78 is 32.1. The maximum Gasteiger partial charge on any atom is 0.243 e. The van der Waals surface area contributed by atoms with Gasteiger partial charge in [-0.05, 0) is 18.6 Å². The fraction of sp³-hybridized carbons (Fsp3) is 0.474. The van der Waals surface area contributed by atoms with Crippen molar-refractivity contribution in [3.05, 3.63) is 34.7 Å². The highest BCUT2D eigenvalue weighted by Crippen LogP contribution is 2.25. The molecule has 150 valence electrons. The number of ether oxygens (including phenoxy) is 1. The van der Waals surface area contributed by atoms with Gasteiger partial charge in [0.1, 0.15) is 0 Å².